The highest BCUT2D eigenvalue weighted by molar-refractivity contribution is 6.12. The number of anilines is 2. The maximum Gasteiger partial charge on any atom is 0.407 e. The second-order valence-corrected chi connectivity index (χ2v) is 10.8. The van der Waals surface area contributed by atoms with Crippen molar-refractivity contribution in [2.24, 2.45) is 0 Å². The number of nitrogens with one attached hydrogen (secondary N) is 1. The third kappa shape index (κ3) is 4.34. The molecule has 2 amide bonds. The van der Waals surface area contributed by atoms with Gasteiger partial charge < -0.3 is 19.9 Å². The van der Waals surface area contributed by atoms with Gasteiger partial charge in [0.25, 0.3) is 0 Å². The molecule has 2 aromatic carbocycles. The van der Waals surface area contributed by atoms with Gasteiger partial charge in [0.2, 0.25) is 5.91 Å². The van der Waals surface area contributed by atoms with E-state index in [1.807, 2.05) is 49.9 Å². The molecule has 2 fully saturated rings. The highest BCUT2D eigenvalue weighted by Crippen LogP contribution is 2.59. The van der Waals surface area contributed by atoms with E-state index in [-0.39, 0.29) is 11.9 Å². The first-order valence-corrected chi connectivity index (χ1v) is 12.4. The van der Waals surface area contributed by atoms with Gasteiger partial charge in [-0.25, -0.2) is 4.79 Å². The van der Waals surface area contributed by atoms with Crippen LogP contribution in [-0.2, 0) is 21.5 Å². The van der Waals surface area contributed by atoms with E-state index in [2.05, 4.69) is 28.4 Å². The Labute approximate surface area is 206 Å². The van der Waals surface area contributed by atoms with Gasteiger partial charge in [-0.15, -0.1) is 0 Å². The molecule has 1 saturated carbocycles. The Morgan fingerprint density at radius 1 is 1.20 bits per heavy atom. The van der Waals surface area contributed by atoms with Gasteiger partial charge in [0, 0.05) is 19.1 Å². The molecule has 0 unspecified atom stereocenters. The predicted octanol–water partition coefficient (Wildman–Crippen LogP) is 4.63. The molecule has 1 saturated heterocycles. The number of para-hydroxylation sites is 1. The Kier molecular flexibility index (Phi) is 5.71. The van der Waals surface area contributed by atoms with Crippen molar-refractivity contribution in [3.8, 4) is 6.07 Å². The van der Waals surface area contributed by atoms with Crippen LogP contribution in [0.2, 0.25) is 0 Å². The van der Waals surface area contributed by atoms with Gasteiger partial charge in [-0.1, -0.05) is 30.3 Å². The van der Waals surface area contributed by atoms with Crippen LogP contribution < -0.4 is 15.1 Å². The third-order valence-electron chi connectivity index (χ3n) is 7.15. The maximum absolute atomic E-state index is 13.7. The number of hydrogen-bond donors (Lipinski definition) is 1. The summed E-state index contributed by atoms with van der Waals surface area (Å²) < 4.78 is 5.46. The van der Waals surface area contributed by atoms with Crippen molar-refractivity contribution in [2.75, 3.05) is 22.9 Å². The van der Waals surface area contributed by atoms with Crippen LogP contribution in [0.5, 0.6) is 0 Å². The highest BCUT2D eigenvalue weighted by atomic mass is 16.6. The normalized spacial score (nSPS) is 20.4. The zero-order chi connectivity index (χ0) is 24.8. The molecule has 0 bridgehead atoms. The minimum Gasteiger partial charge on any atom is -0.444 e. The van der Waals surface area contributed by atoms with Gasteiger partial charge in [0.1, 0.15) is 5.60 Å². The molecule has 0 radical (unpaired) electrons. The average Bonchev–Trinajstić information content (AvgIpc) is 3.59. The molecule has 7 nitrogen and oxygen atoms in total. The highest BCUT2D eigenvalue weighted by Gasteiger charge is 2.59. The van der Waals surface area contributed by atoms with E-state index in [0.717, 1.165) is 54.7 Å². The number of nitrogens with zero attached hydrogens (tertiary/aromatic N) is 3. The van der Waals surface area contributed by atoms with E-state index in [4.69, 9.17) is 4.74 Å². The smallest absolute Gasteiger partial charge is 0.407 e. The Hall–Kier alpha value is -3.53. The van der Waals surface area contributed by atoms with Crippen LogP contribution in [0.3, 0.4) is 0 Å². The predicted molar refractivity (Wildman–Crippen MR) is 134 cm³/mol. The zero-order valence-electron chi connectivity index (χ0n) is 20.6. The van der Waals surface area contributed by atoms with Crippen molar-refractivity contribution in [3.63, 3.8) is 0 Å². The molecule has 7 heteroatoms. The summed E-state index contributed by atoms with van der Waals surface area (Å²) in [6.07, 6.45) is 3.14. The van der Waals surface area contributed by atoms with Crippen LogP contribution in [0.25, 0.3) is 0 Å². The summed E-state index contributed by atoms with van der Waals surface area (Å²) in [7, 11) is 0. The lowest BCUT2D eigenvalue weighted by molar-refractivity contribution is -0.120. The van der Waals surface area contributed by atoms with E-state index in [1.165, 1.54) is 0 Å². The van der Waals surface area contributed by atoms with Crippen molar-refractivity contribution in [1.82, 2.24) is 5.32 Å². The van der Waals surface area contributed by atoms with Crippen LogP contribution in [0.4, 0.5) is 16.2 Å². The van der Waals surface area contributed by atoms with E-state index in [9.17, 15) is 14.9 Å². The Balaban J connectivity index is 1.44. The molecule has 1 aliphatic carbocycles. The monoisotopic (exact) mass is 472 g/mol. The van der Waals surface area contributed by atoms with Crippen LogP contribution >= 0.6 is 0 Å². The van der Waals surface area contributed by atoms with Crippen molar-refractivity contribution in [2.45, 2.75) is 70.1 Å². The number of benzene rings is 2. The van der Waals surface area contributed by atoms with Gasteiger partial charge in [-0.3, -0.25) is 4.79 Å². The first-order valence-electron chi connectivity index (χ1n) is 12.4. The third-order valence-corrected chi connectivity index (χ3v) is 7.15. The van der Waals surface area contributed by atoms with Crippen molar-refractivity contribution >= 4 is 23.4 Å². The Morgan fingerprint density at radius 2 is 1.97 bits per heavy atom. The Bertz CT molecular complexity index is 1210. The number of fused-ring (bicyclic) bond motifs is 2. The number of alkyl carbamates (subject to hydrolysis) is 1. The topological polar surface area (TPSA) is 85.7 Å². The molecular weight excluding hydrogens is 440 g/mol. The van der Waals surface area contributed by atoms with Gasteiger partial charge in [-0.2, -0.15) is 5.26 Å². The molecule has 35 heavy (non-hydrogen) atoms. The minimum absolute atomic E-state index is 0.0331. The Morgan fingerprint density at radius 3 is 2.69 bits per heavy atom. The van der Waals surface area contributed by atoms with Gasteiger partial charge in [0.05, 0.1) is 35.0 Å². The van der Waals surface area contributed by atoms with Crippen molar-refractivity contribution in [3.05, 3.63) is 59.2 Å². The molecular formula is C28H32N4O3. The number of ether oxygens (including phenoxy) is 1. The second kappa shape index (κ2) is 8.60. The number of piperidine rings is 1. The first-order chi connectivity index (χ1) is 16.7. The van der Waals surface area contributed by atoms with Crippen LogP contribution in [0, 0.1) is 11.3 Å². The summed E-state index contributed by atoms with van der Waals surface area (Å²) in [6.45, 7) is 7.46. The largest absolute Gasteiger partial charge is 0.444 e. The van der Waals surface area contributed by atoms with Crippen molar-refractivity contribution < 1.29 is 14.3 Å². The molecule has 1 atom stereocenters. The summed E-state index contributed by atoms with van der Waals surface area (Å²) in [4.78, 5) is 30.2. The fraction of sp³-hybridized carbons (Fsp3) is 0.464. The molecule has 2 aromatic rings. The number of amides is 2. The minimum atomic E-state index is -0.544. The van der Waals surface area contributed by atoms with E-state index >= 15 is 0 Å². The van der Waals surface area contributed by atoms with E-state index < -0.39 is 17.1 Å². The lowest BCUT2D eigenvalue weighted by Crippen LogP contribution is -2.49. The molecule has 1 N–H and O–H groups in total. The quantitative estimate of drug-likeness (QED) is 0.701. The van der Waals surface area contributed by atoms with Gasteiger partial charge in [0.15, 0.2) is 0 Å². The number of carbonyl (C=O) groups is 2. The SMILES string of the molecule is CC(C)(C)OC(=O)N[C@@H]1CCCN(c2cccc3c2N(Cc2ccccc2C#N)C(=O)C32CC2)C1. The van der Waals surface area contributed by atoms with E-state index in [1.54, 1.807) is 6.07 Å². The molecule has 2 heterocycles. The standard InChI is InChI=1S/C28H32N4O3/c1-27(2,3)35-26(34)30-21-10-7-15-31(18-21)23-12-6-11-22-24(23)32(25(33)28(22)13-14-28)17-20-9-5-4-8-19(20)16-29/h4-6,8-9,11-12,21H,7,10,13-15,17-18H2,1-3H3,(H,30,34)/t21-/m1/s1. The maximum atomic E-state index is 13.7. The van der Waals surface area contributed by atoms with E-state index in [0.29, 0.717) is 18.7 Å². The van der Waals surface area contributed by atoms with Gasteiger partial charge >= 0.3 is 6.09 Å². The number of hydrogen-bond acceptors (Lipinski definition) is 5. The molecule has 2 aliphatic heterocycles. The summed E-state index contributed by atoms with van der Waals surface area (Å²) in [5, 5.41) is 12.6. The van der Waals surface area contributed by atoms with Crippen LogP contribution in [0.1, 0.15) is 63.1 Å². The molecule has 1 spiro atoms. The summed E-state index contributed by atoms with van der Waals surface area (Å²) >= 11 is 0. The summed E-state index contributed by atoms with van der Waals surface area (Å²) in [5.41, 5.74) is 3.55. The fourth-order valence-corrected chi connectivity index (χ4v) is 5.42. The first kappa shape index (κ1) is 23.2. The lowest BCUT2D eigenvalue weighted by Gasteiger charge is -2.37. The number of rotatable bonds is 4. The second-order valence-electron chi connectivity index (χ2n) is 10.8. The van der Waals surface area contributed by atoms with Crippen LogP contribution in [-0.4, -0.2) is 36.7 Å². The summed E-state index contributed by atoms with van der Waals surface area (Å²) in [6, 6.07) is 15.9. The zero-order valence-corrected chi connectivity index (χ0v) is 20.6. The lowest BCUT2D eigenvalue weighted by atomic mass is 9.96. The average molecular weight is 473 g/mol. The molecule has 182 valence electrons. The van der Waals surface area contributed by atoms with Gasteiger partial charge in [-0.05, 0) is 69.7 Å². The fourth-order valence-electron chi connectivity index (χ4n) is 5.42. The van der Waals surface area contributed by atoms with Crippen molar-refractivity contribution in [1.29, 1.82) is 5.26 Å². The molecule has 3 aliphatic rings. The summed E-state index contributed by atoms with van der Waals surface area (Å²) in [5.74, 6) is 0.133. The number of nitriles is 1. The molecule has 5 rings (SSSR count). The number of carbonyl (C=O) groups excluding carboxylic acids is 2. The molecule has 0 aromatic heterocycles. The van der Waals surface area contributed by atoms with Crippen LogP contribution in [0.15, 0.2) is 42.5 Å².